The zero-order chi connectivity index (χ0) is 15.6. The predicted octanol–water partition coefficient (Wildman–Crippen LogP) is 4.13. The van der Waals surface area contributed by atoms with Crippen molar-refractivity contribution in [3.8, 4) is 0 Å². The quantitative estimate of drug-likeness (QED) is 0.915. The summed E-state index contributed by atoms with van der Waals surface area (Å²) in [5, 5.41) is 10.5. The molecule has 0 saturated carbocycles. The third-order valence-corrected chi connectivity index (χ3v) is 3.82. The molecule has 2 rings (SSSR count). The molecule has 0 bridgehead atoms. The summed E-state index contributed by atoms with van der Waals surface area (Å²) < 4.78 is 0. The number of anilines is 1. The van der Waals surface area contributed by atoms with Gasteiger partial charge >= 0.3 is 0 Å². The van der Waals surface area contributed by atoms with Gasteiger partial charge in [-0.1, -0.05) is 57.2 Å². The van der Waals surface area contributed by atoms with Crippen LogP contribution < -0.4 is 4.90 Å². The van der Waals surface area contributed by atoms with Crippen molar-refractivity contribution in [3.05, 3.63) is 65.2 Å². The summed E-state index contributed by atoms with van der Waals surface area (Å²) in [6.45, 7) is 6.58. The Morgan fingerprint density at radius 3 is 1.62 bits per heavy atom. The van der Waals surface area contributed by atoms with Gasteiger partial charge < -0.3 is 10.0 Å². The first-order valence-corrected chi connectivity index (χ1v) is 7.35. The molecule has 0 fully saturated rings. The SMILES string of the molecule is CN(C)c1ccc(C(O)c2ccc(C(C)(C)C)cc2)cc1. The van der Waals surface area contributed by atoms with Crippen molar-refractivity contribution in [1.82, 2.24) is 0 Å². The smallest absolute Gasteiger partial charge is 0.104 e. The molecule has 0 aromatic heterocycles. The number of benzene rings is 2. The molecule has 0 aliphatic heterocycles. The Labute approximate surface area is 128 Å². The van der Waals surface area contributed by atoms with Crippen molar-refractivity contribution < 1.29 is 5.11 Å². The van der Waals surface area contributed by atoms with Gasteiger partial charge in [0.25, 0.3) is 0 Å². The number of nitrogens with zero attached hydrogens (tertiary/aromatic N) is 1. The minimum absolute atomic E-state index is 0.136. The van der Waals surface area contributed by atoms with Gasteiger partial charge in [-0.3, -0.25) is 0 Å². The Balaban J connectivity index is 2.21. The Morgan fingerprint density at radius 1 is 0.810 bits per heavy atom. The molecule has 1 N–H and O–H groups in total. The lowest BCUT2D eigenvalue weighted by Gasteiger charge is -2.20. The monoisotopic (exact) mass is 283 g/mol. The van der Waals surface area contributed by atoms with Crippen LogP contribution in [-0.2, 0) is 5.41 Å². The molecule has 2 nitrogen and oxygen atoms in total. The van der Waals surface area contributed by atoms with E-state index in [9.17, 15) is 5.11 Å². The van der Waals surface area contributed by atoms with E-state index in [0.29, 0.717) is 0 Å². The third-order valence-electron chi connectivity index (χ3n) is 3.82. The van der Waals surface area contributed by atoms with Crippen LogP contribution >= 0.6 is 0 Å². The molecule has 1 atom stereocenters. The van der Waals surface area contributed by atoms with Crippen LogP contribution in [0, 0.1) is 0 Å². The minimum Gasteiger partial charge on any atom is -0.384 e. The summed E-state index contributed by atoms with van der Waals surface area (Å²) in [6, 6.07) is 16.3. The maximum absolute atomic E-state index is 10.5. The second-order valence-corrected chi connectivity index (χ2v) is 6.76. The molecule has 0 saturated heterocycles. The standard InChI is InChI=1S/C19H25NO/c1-19(2,3)16-10-6-14(7-11-16)18(21)15-8-12-17(13-9-15)20(4)5/h6-13,18,21H,1-5H3. The first-order chi connectivity index (χ1) is 9.79. The lowest BCUT2D eigenvalue weighted by molar-refractivity contribution is 0.220. The Hall–Kier alpha value is -1.80. The predicted molar refractivity (Wildman–Crippen MR) is 90.0 cm³/mol. The van der Waals surface area contributed by atoms with Crippen LogP contribution in [0.2, 0.25) is 0 Å². The van der Waals surface area contributed by atoms with E-state index in [4.69, 9.17) is 0 Å². The highest BCUT2D eigenvalue weighted by Crippen LogP contribution is 2.27. The van der Waals surface area contributed by atoms with E-state index in [1.807, 2.05) is 55.4 Å². The molecule has 0 spiro atoms. The van der Waals surface area contributed by atoms with Crippen LogP contribution in [0.4, 0.5) is 5.69 Å². The highest BCUT2D eigenvalue weighted by molar-refractivity contribution is 5.47. The number of hydrogen-bond donors (Lipinski definition) is 1. The topological polar surface area (TPSA) is 23.5 Å². The van der Waals surface area contributed by atoms with Crippen molar-refractivity contribution in [2.24, 2.45) is 0 Å². The fraction of sp³-hybridized carbons (Fsp3) is 0.368. The molecule has 0 radical (unpaired) electrons. The first-order valence-electron chi connectivity index (χ1n) is 7.35. The number of aliphatic hydroxyl groups is 1. The molecule has 2 aromatic rings. The van der Waals surface area contributed by atoms with Crippen molar-refractivity contribution in [2.75, 3.05) is 19.0 Å². The van der Waals surface area contributed by atoms with E-state index < -0.39 is 6.10 Å². The maximum atomic E-state index is 10.5. The van der Waals surface area contributed by atoms with E-state index in [0.717, 1.165) is 16.8 Å². The number of rotatable bonds is 3. The van der Waals surface area contributed by atoms with Crippen molar-refractivity contribution in [1.29, 1.82) is 0 Å². The lowest BCUT2D eigenvalue weighted by Crippen LogP contribution is -2.11. The van der Waals surface area contributed by atoms with E-state index in [1.54, 1.807) is 0 Å². The van der Waals surface area contributed by atoms with Crippen molar-refractivity contribution in [2.45, 2.75) is 32.3 Å². The van der Waals surface area contributed by atoms with Gasteiger partial charge in [0.2, 0.25) is 0 Å². The average Bonchev–Trinajstić information content (AvgIpc) is 2.46. The summed E-state index contributed by atoms with van der Waals surface area (Å²) >= 11 is 0. The fourth-order valence-electron chi connectivity index (χ4n) is 2.31. The summed E-state index contributed by atoms with van der Waals surface area (Å²) in [4.78, 5) is 2.05. The molecule has 0 aliphatic carbocycles. The Morgan fingerprint density at radius 2 is 1.24 bits per heavy atom. The van der Waals surface area contributed by atoms with Crippen LogP contribution in [0.25, 0.3) is 0 Å². The summed E-state index contributed by atoms with van der Waals surface area (Å²) in [7, 11) is 4.02. The second-order valence-electron chi connectivity index (χ2n) is 6.76. The van der Waals surface area contributed by atoms with Gasteiger partial charge in [-0.25, -0.2) is 0 Å². The maximum Gasteiger partial charge on any atom is 0.104 e. The largest absolute Gasteiger partial charge is 0.384 e. The van der Waals surface area contributed by atoms with Crippen molar-refractivity contribution >= 4 is 5.69 Å². The Kier molecular flexibility index (Phi) is 4.38. The minimum atomic E-state index is -0.574. The fourth-order valence-corrected chi connectivity index (χ4v) is 2.31. The van der Waals surface area contributed by atoms with Crippen LogP contribution in [0.3, 0.4) is 0 Å². The average molecular weight is 283 g/mol. The van der Waals surface area contributed by atoms with Gasteiger partial charge in [0.15, 0.2) is 0 Å². The zero-order valence-electron chi connectivity index (χ0n) is 13.6. The zero-order valence-corrected chi connectivity index (χ0v) is 13.6. The molecule has 21 heavy (non-hydrogen) atoms. The van der Waals surface area contributed by atoms with E-state index in [2.05, 4.69) is 32.9 Å². The van der Waals surface area contributed by atoms with E-state index >= 15 is 0 Å². The normalized spacial score (nSPS) is 13.0. The highest BCUT2D eigenvalue weighted by Gasteiger charge is 2.15. The molecule has 0 heterocycles. The molecular weight excluding hydrogens is 258 g/mol. The third kappa shape index (κ3) is 3.64. The summed E-state index contributed by atoms with van der Waals surface area (Å²) in [5.74, 6) is 0. The van der Waals surface area contributed by atoms with Gasteiger partial charge in [-0.05, 0) is 34.2 Å². The molecule has 2 aromatic carbocycles. The first kappa shape index (κ1) is 15.6. The Bertz CT molecular complexity index is 576. The van der Waals surface area contributed by atoms with Crippen LogP contribution in [0.1, 0.15) is 43.6 Å². The van der Waals surface area contributed by atoms with Crippen LogP contribution in [0.15, 0.2) is 48.5 Å². The van der Waals surface area contributed by atoms with E-state index in [-0.39, 0.29) is 5.41 Å². The molecule has 2 heteroatoms. The summed E-state index contributed by atoms with van der Waals surface area (Å²) in [6.07, 6.45) is -0.574. The number of aliphatic hydroxyl groups excluding tert-OH is 1. The second kappa shape index (κ2) is 5.90. The molecule has 0 aliphatic rings. The molecule has 112 valence electrons. The van der Waals surface area contributed by atoms with Crippen LogP contribution in [0.5, 0.6) is 0 Å². The number of hydrogen-bond acceptors (Lipinski definition) is 2. The van der Waals surface area contributed by atoms with Gasteiger partial charge in [-0.15, -0.1) is 0 Å². The van der Waals surface area contributed by atoms with Crippen LogP contribution in [-0.4, -0.2) is 19.2 Å². The van der Waals surface area contributed by atoms with Crippen molar-refractivity contribution in [3.63, 3.8) is 0 Å². The molecular formula is C19H25NO. The molecule has 1 unspecified atom stereocenters. The van der Waals surface area contributed by atoms with Gasteiger partial charge in [0.05, 0.1) is 0 Å². The van der Waals surface area contributed by atoms with Gasteiger partial charge in [0.1, 0.15) is 6.10 Å². The highest BCUT2D eigenvalue weighted by atomic mass is 16.3. The van der Waals surface area contributed by atoms with Gasteiger partial charge in [-0.2, -0.15) is 0 Å². The van der Waals surface area contributed by atoms with E-state index in [1.165, 1.54) is 5.56 Å². The lowest BCUT2D eigenvalue weighted by atomic mass is 9.86. The molecule has 0 amide bonds. The summed E-state index contributed by atoms with van der Waals surface area (Å²) in [5.41, 5.74) is 4.40. The van der Waals surface area contributed by atoms with Gasteiger partial charge in [0, 0.05) is 19.8 Å².